The van der Waals surface area contributed by atoms with E-state index in [1.807, 2.05) is 0 Å². The van der Waals surface area contributed by atoms with Crippen LogP contribution in [0.15, 0.2) is 18.2 Å². The van der Waals surface area contributed by atoms with E-state index >= 15 is 0 Å². The number of halogens is 3. The number of benzene rings is 1. The second-order valence-corrected chi connectivity index (χ2v) is 4.00. The van der Waals surface area contributed by atoms with Gasteiger partial charge in [0.15, 0.2) is 11.6 Å². The molecule has 0 fully saturated rings. The van der Waals surface area contributed by atoms with Gasteiger partial charge in [0.2, 0.25) is 0 Å². The zero-order valence-electron chi connectivity index (χ0n) is 9.34. The predicted octanol–water partition coefficient (Wildman–Crippen LogP) is 2.88. The summed E-state index contributed by atoms with van der Waals surface area (Å²) in [7, 11) is 1.24. The molecule has 1 heterocycles. The molecule has 0 bridgehead atoms. The molecular formula is C12H8ClF2NO2. The number of nitrogens with zero attached hydrogens (tertiary/aromatic N) is 1. The molecule has 18 heavy (non-hydrogen) atoms. The van der Waals surface area contributed by atoms with Gasteiger partial charge in [-0.2, -0.15) is 0 Å². The molecule has 94 valence electrons. The van der Waals surface area contributed by atoms with Crippen LogP contribution in [0.25, 0.3) is 10.9 Å². The lowest BCUT2D eigenvalue weighted by Crippen LogP contribution is -2.06. The third kappa shape index (κ3) is 2.26. The third-order valence-electron chi connectivity index (χ3n) is 2.49. The Morgan fingerprint density at radius 1 is 1.44 bits per heavy atom. The Morgan fingerprint density at radius 2 is 2.17 bits per heavy atom. The Balaban J connectivity index is 2.66. The van der Waals surface area contributed by atoms with E-state index < -0.39 is 17.6 Å². The fourth-order valence-electron chi connectivity index (χ4n) is 1.64. The molecule has 6 heteroatoms. The average Bonchev–Trinajstić information content (AvgIpc) is 2.34. The van der Waals surface area contributed by atoms with E-state index in [0.29, 0.717) is 10.9 Å². The molecule has 0 saturated heterocycles. The first-order valence-corrected chi connectivity index (χ1v) is 5.40. The van der Waals surface area contributed by atoms with Crippen LogP contribution < -0.4 is 0 Å². The first-order chi connectivity index (χ1) is 8.52. The second kappa shape index (κ2) is 4.86. The van der Waals surface area contributed by atoms with Crippen molar-refractivity contribution >= 4 is 28.5 Å². The summed E-state index contributed by atoms with van der Waals surface area (Å²) in [5.41, 5.74) is 0.247. The number of rotatable bonds is 2. The van der Waals surface area contributed by atoms with Gasteiger partial charge in [0.05, 0.1) is 13.5 Å². The van der Waals surface area contributed by atoms with E-state index in [0.717, 1.165) is 6.07 Å². The van der Waals surface area contributed by atoms with Crippen LogP contribution in [0.5, 0.6) is 0 Å². The summed E-state index contributed by atoms with van der Waals surface area (Å²) in [5, 5.41) is 0.328. The maximum Gasteiger partial charge on any atom is 0.310 e. The average molecular weight is 272 g/mol. The van der Waals surface area contributed by atoms with Crippen LogP contribution in [0.2, 0.25) is 5.15 Å². The molecule has 0 atom stereocenters. The summed E-state index contributed by atoms with van der Waals surface area (Å²) in [5.74, 6) is -2.59. The van der Waals surface area contributed by atoms with Crippen molar-refractivity contribution in [3.8, 4) is 0 Å². The van der Waals surface area contributed by atoms with Crippen molar-refractivity contribution < 1.29 is 18.3 Å². The Labute approximate surface area is 106 Å². The molecule has 0 aliphatic rings. The Kier molecular flexibility index (Phi) is 3.43. The number of hydrogen-bond acceptors (Lipinski definition) is 3. The summed E-state index contributed by atoms with van der Waals surface area (Å²) >= 11 is 5.72. The highest BCUT2D eigenvalue weighted by molar-refractivity contribution is 6.30. The number of methoxy groups -OCH3 is 1. The number of ether oxygens (including phenoxy) is 1. The molecule has 0 aliphatic heterocycles. The number of hydrogen-bond donors (Lipinski definition) is 0. The van der Waals surface area contributed by atoms with Crippen LogP contribution in [0.1, 0.15) is 5.56 Å². The van der Waals surface area contributed by atoms with E-state index in [1.54, 1.807) is 0 Å². The zero-order valence-corrected chi connectivity index (χ0v) is 10.1. The van der Waals surface area contributed by atoms with Gasteiger partial charge >= 0.3 is 5.97 Å². The fraction of sp³-hybridized carbons (Fsp3) is 0.167. The summed E-state index contributed by atoms with van der Waals surface area (Å²) in [6, 6.07) is 3.77. The van der Waals surface area contributed by atoms with Gasteiger partial charge in [0, 0.05) is 5.39 Å². The van der Waals surface area contributed by atoms with Crippen molar-refractivity contribution in [1.29, 1.82) is 0 Å². The highest BCUT2D eigenvalue weighted by atomic mass is 35.5. The molecule has 3 nitrogen and oxygen atoms in total. The van der Waals surface area contributed by atoms with Gasteiger partial charge in [-0.3, -0.25) is 4.79 Å². The number of carbonyl (C=O) groups excluding carboxylic acids is 1. The van der Waals surface area contributed by atoms with E-state index in [4.69, 9.17) is 11.6 Å². The van der Waals surface area contributed by atoms with E-state index in [1.165, 1.54) is 19.2 Å². The zero-order chi connectivity index (χ0) is 13.3. The van der Waals surface area contributed by atoms with Crippen LogP contribution in [-0.4, -0.2) is 18.1 Å². The normalized spacial score (nSPS) is 10.7. The van der Waals surface area contributed by atoms with E-state index in [2.05, 4.69) is 9.72 Å². The monoisotopic (exact) mass is 271 g/mol. The van der Waals surface area contributed by atoms with Gasteiger partial charge < -0.3 is 4.74 Å². The quantitative estimate of drug-likeness (QED) is 0.623. The Morgan fingerprint density at radius 3 is 2.83 bits per heavy atom. The maximum atomic E-state index is 13.6. The predicted molar refractivity (Wildman–Crippen MR) is 62.4 cm³/mol. The first kappa shape index (κ1) is 12.7. The molecule has 2 aromatic rings. The molecule has 0 saturated carbocycles. The molecule has 1 aromatic heterocycles. The van der Waals surface area contributed by atoms with Gasteiger partial charge in [-0.1, -0.05) is 11.6 Å². The highest BCUT2D eigenvalue weighted by Crippen LogP contribution is 2.25. The molecule has 0 radical (unpaired) electrons. The molecule has 0 N–H and O–H groups in total. The lowest BCUT2D eigenvalue weighted by atomic mass is 10.1. The standard InChI is InChI=1S/C12H8ClF2NO2/c1-18-10(17)5-6-4-9(13)16-12-7(6)2-3-8(14)11(12)15/h2-4H,5H2,1H3. The first-order valence-electron chi connectivity index (χ1n) is 5.03. The topological polar surface area (TPSA) is 39.2 Å². The van der Waals surface area contributed by atoms with Gasteiger partial charge in [0.1, 0.15) is 10.7 Å². The summed E-state index contributed by atoms with van der Waals surface area (Å²) in [6.45, 7) is 0. The van der Waals surface area contributed by atoms with Crippen molar-refractivity contribution in [2.24, 2.45) is 0 Å². The number of pyridine rings is 1. The maximum absolute atomic E-state index is 13.6. The summed E-state index contributed by atoms with van der Waals surface area (Å²) in [4.78, 5) is 15.0. The largest absolute Gasteiger partial charge is 0.469 e. The molecule has 0 unspecified atom stereocenters. The SMILES string of the molecule is COC(=O)Cc1cc(Cl)nc2c(F)c(F)ccc12. The van der Waals surface area contributed by atoms with Gasteiger partial charge in [-0.15, -0.1) is 0 Å². The van der Waals surface area contributed by atoms with Gasteiger partial charge in [-0.05, 0) is 23.8 Å². The van der Waals surface area contributed by atoms with E-state index in [9.17, 15) is 13.6 Å². The fourth-order valence-corrected chi connectivity index (χ4v) is 1.86. The smallest absolute Gasteiger partial charge is 0.310 e. The van der Waals surface area contributed by atoms with Crippen molar-refractivity contribution in [3.05, 3.63) is 40.6 Å². The highest BCUT2D eigenvalue weighted by Gasteiger charge is 2.14. The van der Waals surface area contributed by atoms with Crippen molar-refractivity contribution in [3.63, 3.8) is 0 Å². The molecule has 2 rings (SSSR count). The van der Waals surface area contributed by atoms with E-state index in [-0.39, 0.29) is 17.1 Å². The van der Waals surface area contributed by atoms with Gasteiger partial charge in [-0.25, -0.2) is 13.8 Å². The minimum Gasteiger partial charge on any atom is -0.469 e. The molecular weight excluding hydrogens is 264 g/mol. The van der Waals surface area contributed by atoms with Crippen LogP contribution >= 0.6 is 11.6 Å². The summed E-state index contributed by atoms with van der Waals surface area (Å²) < 4.78 is 31.2. The number of esters is 1. The lowest BCUT2D eigenvalue weighted by Gasteiger charge is -2.07. The van der Waals surface area contributed by atoms with Crippen LogP contribution in [-0.2, 0) is 16.0 Å². The van der Waals surface area contributed by atoms with Crippen molar-refractivity contribution in [1.82, 2.24) is 4.98 Å². The third-order valence-corrected chi connectivity index (χ3v) is 2.68. The molecule has 1 aromatic carbocycles. The summed E-state index contributed by atoms with van der Waals surface area (Å²) in [6.07, 6.45) is -0.0830. The number of carbonyl (C=O) groups is 1. The Hall–Kier alpha value is -1.75. The van der Waals surface area contributed by atoms with Crippen molar-refractivity contribution in [2.45, 2.75) is 6.42 Å². The number of fused-ring (bicyclic) bond motifs is 1. The lowest BCUT2D eigenvalue weighted by molar-refractivity contribution is -0.139. The molecule has 0 amide bonds. The van der Waals surface area contributed by atoms with Crippen LogP contribution in [0, 0.1) is 11.6 Å². The number of aromatic nitrogens is 1. The van der Waals surface area contributed by atoms with Crippen molar-refractivity contribution in [2.75, 3.05) is 7.11 Å². The van der Waals surface area contributed by atoms with Crippen LogP contribution in [0.4, 0.5) is 8.78 Å². The molecule has 0 aliphatic carbocycles. The molecule has 0 spiro atoms. The minimum atomic E-state index is -1.08. The minimum absolute atomic E-state index is 0.00842. The van der Waals surface area contributed by atoms with Gasteiger partial charge in [0.25, 0.3) is 0 Å². The second-order valence-electron chi connectivity index (χ2n) is 3.61. The Bertz CT molecular complexity index is 631. The van der Waals surface area contributed by atoms with Crippen LogP contribution in [0.3, 0.4) is 0 Å².